The standard InChI is InChI=1S/C18H29F5N4O2/c1-10(16(28)27-8-14(11(27)2)29-18(21,22)23)26-15-7-13(24-9-25-15)12-3-5-17(19,20)6-4-12/h10-15,24-26H,3-9H2,1-2H3/t10-,11+,13?,14+,15?/m1/s1. The summed E-state index contributed by atoms with van der Waals surface area (Å²) in [5.41, 5.74) is 0. The first-order valence-corrected chi connectivity index (χ1v) is 10.1. The van der Waals surface area contributed by atoms with Crippen LogP contribution in [0.3, 0.4) is 0 Å². The number of amides is 1. The normalized spacial score (nSPS) is 34.5. The van der Waals surface area contributed by atoms with Crippen molar-refractivity contribution in [3.63, 3.8) is 0 Å². The summed E-state index contributed by atoms with van der Waals surface area (Å²) >= 11 is 0. The molecule has 2 heterocycles. The van der Waals surface area contributed by atoms with Gasteiger partial charge in [-0.3, -0.25) is 20.2 Å². The van der Waals surface area contributed by atoms with Crippen LogP contribution < -0.4 is 16.0 Å². The zero-order valence-corrected chi connectivity index (χ0v) is 16.6. The molecule has 2 unspecified atom stereocenters. The second-order valence-electron chi connectivity index (χ2n) is 8.39. The monoisotopic (exact) mass is 428 g/mol. The number of alkyl halides is 5. The van der Waals surface area contributed by atoms with Crippen LogP contribution in [0.25, 0.3) is 0 Å². The van der Waals surface area contributed by atoms with Crippen molar-refractivity contribution in [1.29, 1.82) is 0 Å². The lowest BCUT2D eigenvalue weighted by atomic mass is 9.80. The molecule has 5 atom stereocenters. The van der Waals surface area contributed by atoms with Crippen molar-refractivity contribution < 1.29 is 31.5 Å². The Kier molecular flexibility index (Phi) is 6.72. The first-order chi connectivity index (χ1) is 13.5. The number of hydrogen-bond donors (Lipinski definition) is 3. The molecule has 3 fully saturated rings. The van der Waals surface area contributed by atoms with Gasteiger partial charge in [0, 0.05) is 32.1 Å². The number of nitrogens with one attached hydrogen (secondary N) is 3. The predicted octanol–water partition coefficient (Wildman–Crippen LogP) is 2.16. The molecule has 0 aromatic rings. The number of carbonyl (C=O) groups is 1. The largest absolute Gasteiger partial charge is 0.522 e. The van der Waals surface area contributed by atoms with Crippen LogP contribution in [0, 0.1) is 5.92 Å². The molecule has 3 aliphatic rings. The Bertz CT molecular complexity index is 581. The Morgan fingerprint density at radius 2 is 1.90 bits per heavy atom. The van der Waals surface area contributed by atoms with Crippen LogP contribution in [0.2, 0.25) is 0 Å². The Morgan fingerprint density at radius 1 is 1.24 bits per heavy atom. The van der Waals surface area contributed by atoms with Gasteiger partial charge in [0.15, 0.2) is 0 Å². The molecule has 1 aliphatic carbocycles. The minimum atomic E-state index is -4.71. The van der Waals surface area contributed by atoms with Crippen molar-refractivity contribution in [2.24, 2.45) is 5.92 Å². The second kappa shape index (κ2) is 8.60. The number of ether oxygens (including phenoxy) is 1. The number of hydrogen-bond acceptors (Lipinski definition) is 5. The number of nitrogens with zero attached hydrogens (tertiary/aromatic N) is 1. The summed E-state index contributed by atoms with van der Waals surface area (Å²) in [6, 6.07) is -1.15. The molecule has 2 aliphatic heterocycles. The van der Waals surface area contributed by atoms with Crippen molar-refractivity contribution in [3.05, 3.63) is 0 Å². The topological polar surface area (TPSA) is 65.6 Å². The summed E-state index contributed by atoms with van der Waals surface area (Å²) in [6.45, 7) is 3.61. The summed E-state index contributed by atoms with van der Waals surface area (Å²) in [7, 11) is 0. The average molecular weight is 428 g/mol. The van der Waals surface area contributed by atoms with Crippen molar-refractivity contribution in [2.45, 2.75) is 88.6 Å². The highest BCUT2D eigenvalue weighted by Gasteiger charge is 2.47. The lowest BCUT2D eigenvalue weighted by molar-refractivity contribution is -0.359. The van der Waals surface area contributed by atoms with Crippen LogP contribution in [0.5, 0.6) is 0 Å². The second-order valence-corrected chi connectivity index (χ2v) is 8.39. The molecule has 0 aromatic heterocycles. The van der Waals surface area contributed by atoms with Crippen molar-refractivity contribution >= 4 is 5.91 Å². The smallest absolute Gasteiger partial charge is 0.333 e. The summed E-state index contributed by atoms with van der Waals surface area (Å²) in [6.07, 6.45) is -4.54. The lowest BCUT2D eigenvalue weighted by Gasteiger charge is -2.47. The van der Waals surface area contributed by atoms with E-state index < -0.39 is 30.5 Å². The molecule has 0 bridgehead atoms. The van der Waals surface area contributed by atoms with E-state index in [2.05, 4.69) is 20.7 Å². The quantitative estimate of drug-likeness (QED) is 0.586. The first-order valence-electron chi connectivity index (χ1n) is 10.1. The molecule has 11 heteroatoms. The van der Waals surface area contributed by atoms with Gasteiger partial charge in [-0.25, -0.2) is 8.78 Å². The number of rotatable bonds is 5. The van der Waals surface area contributed by atoms with Gasteiger partial charge in [0.2, 0.25) is 11.8 Å². The first kappa shape index (κ1) is 22.6. The molecule has 168 valence electrons. The molecular weight excluding hydrogens is 399 g/mol. The minimum absolute atomic E-state index is 0.0830. The molecule has 2 saturated heterocycles. The highest BCUT2D eigenvalue weighted by atomic mass is 19.4. The minimum Gasteiger partial charge on any atom is -0.333 e. The van der Waals surface area contributed by atoms with Crippen LogP contribution in [-0.4, -0.2) is 66.7 Å². The Morgan fingerprint density at radius 3 is 2.48 bits per heavy atom. The van der Waals surface area contributed by atoms with Gasteiger partial charge in [-0.15, -0.1) is 13.2 Å². The van der Waals surface area contributed by atoms with Gasteiger partial charge in [-0.05, 0) is 39.0 Å². The molecular formula is C18H29F5N4O2. The maximum Gasteiger partial charge on any atom is 0.522 e. The fraction of sp³-hybridized carbons (Fsp3) is 0.944. The number of carbonyl (C=O) groups excluding carboxylic acids is 1. The van der Waals surface area contributed by atoms with Gasteiger partial charge in [-0.2, -0.15) is 0 Å². The third kappa shape index (κ3) is 5.77. The molecule has 3 rings (SSSR count). The van der Waals surface area contributed by atoms with E-state index in [0.717, 1.165) is 0 Å². The maximum atomic E-state index is 13.4. The van der Waals surface area contributed by atoms with E-state index >= 15 is 0 Å². The van der Waals surface area contributed by atoms with Gasteiger partial charge in [0.25, 0.3) is 0 Å². The third-order valence-corrected chi connectivity index (χ3v) is 6.33. The number of likely N-dealkylation sites (tertiary alicyclic amines) is 1. The van der Waals surface area contributed by atoms with E-state index in [4.69, 9.17) is 0 Å². The molecule has 6 nitrogen and oxygen atoms in total. The maximum absolute atomic E-state index is 13.4. The Hall–Kier alpha value is -1.04. The van der Waals surface area contributed by atoms with Crippen molar-refractivity contribution in [3.8, 4) is 0 Å². The van der Waals surface area contributed by atoms with E-state index in [9.17, 15) is 26.7 Å². The summed E-state index contributed by atoms with van der Waals surface area (Å²) in [5.74, 6) is -2.68. The highest BCUT2D eigenvalue weighted by Crippen LogP contribution is 2.38. The molecule has 1 saturated carbocycles. The zero-order valence-electron chi connectivity index (χ0n) is 16.6. The summed E-state index contributed by atoms with van der Waals surface area (Å²) < 4.78 is 67.8. The van der Waals surface area contributed by atoms with Crippen molar-refractivity contribution in [2.75, 3.05) is 13.2 Å². The van der Waals surface area contributed by atoms with Crippen LogP contribution in [-0.2, 0) is 9.53 Å². The fourth-order valence-electron chi connectivity index (χ4n) is 4.48. The molecule has 29 heavy (non-hydrogen) atoms. The number of halogens is 5. The Balaban J connectivity index is 1.45. The lowest BCUT2D eigenvalue weighted by Crippen LogP contribution is -2.67. The molecule has 1 amide bonds. The van der Waals surface area contributed by atoms with Crippen LogP contribution >= 0.6 is 0 Å². The fourth-order valence-corrected chi connectivity index (χ4v) is 4.48. The predicted molar refractivity (Wildman–Crippen MR) is 94.9 cm³/mol. The van der Waals surface area contributed by atoms with Gasteiger partial charge >= 0.3 is 6.36 Å². The van der Waals surface area contributed by atoms with Crippen LogP contribution in [0.15, 0.2) is 0 Å². The van der Waals surface area contributed by atoms with Gasteiger partial charge in [-0.1, -0.05) is 0 Å². The zero-order chi connectivity index (χ0) is 21.4. The molecule has 0 spiro atoms. The average Bonchev–Trinajstić information content (AvgIpc) is 2.63. The summed E-state index contributed by atoms with van der Waals surface area (Å²) in [5, 5.41) is 9.70. The van der Waals surface area contributed by atoms with E-state index in [0.29, 0.717) is 25.9 Å². The van der Waals surface area contributed by atoms with E-state index in [-0.39, 0.29) is 43.4 Å². The van der Waals surface area contributed by atoms with E-state index in [1.165, 1.54) is 11.8 Å². The third-order valence-electron chi connectivity index (χ3n) is 6.33. The van der Waals surface area contributed by atoms with Gasteiger partial charge in [0.05, 0.1) is 18.2 Å². The van der Waals surface area contributed by atoms with E-state index in [1.807, 2.05) is 0 Å². The molecule has 3 N–H and O–H groups in total. The van der Waals surface area contributed by atoms with Crippen molar-refractivity contribution in [1.82, 2.24) is 20.9 Å². The van der Waals surface area contributed by atoms with Crippen LogP contribution in [0.1, 0.15) is 46.0 Å². The van der Waals surface area contributed by atoms with E-state index in [1.54, 1.807) is 6.92 Å². The van der Waals surface area contributed by atoms with Crippen LogP contribution in [0.4, 0.5) is 22.0 Å². The molecule has 0 radical (unpaired) electrons. The van der Waals surface area contributed by atoms with Gasteiger partial charge in [0.1, 0.15) is 6.10 Å². The molecule has 0 aromatic carbocycles. The Labute approximate surface area is 166 Å². The highest BCUT2D eigenvalue weighted by molar-refractivity contribution is 5.82. The van der Waals surface area contributed by atoms with Gasteiger partial charge < -0.3 is 10.2 Å². The SMILES string of the molecule is C[C@@H](NC1CC(C2CCC(F)(F)CC2)NCN1)C(=O)N1C[C@H](OC(F)(F)F)[C@@H]1C. The summed E-state index contributed by atoms with van der Waals surface area (Å²) in [4.78, 5) is 13.9.